The van der Waals surface area contributed by atoms with Crippen LogP contribution in [0.4, 0.5) is 32.2 Å². The van der Waals surface area contributed by atoms with Gasteiger partial charge in [0, 0.05) is 13.1 Å². The lowest BCUT2D eigenvalue weighted by Gasteiger charge is -2.29. The maximum atomic E-state index is 13.1. The summed E-state index contributed by atoms with van der Waals surface area (Å²) in [5.74, 6) is 0.303. The Bertz CT molecular complexity index is 855. The van der Waals surface area contributed by atoms with E-state index in [2.05, 4.69) is 15.5 Å². The van der Waals surface area contributed by atoms with Gasteiger partial charge in [-0.3, -0.25) is 0 Å². The van der Waals surface area contributed by atoms with Crippen molar-refractivity contribution in [1.82, 2.24) is 15.0 Å². The van der Waals surface area contributed by atoms with Crippen molar-refractivity contribution in [2.24, 2.45) is 5.16 Å². The number of ether oxygens (including phenoxy) is 1. The van der Waals surface area contributed by atoms with Gasteiger partial charge in [0.05, 0.1) is 37.1 Å². The minimum absolute atomic E-state index is 0.0670. The molecule has 3 rings (SSSR count). The molecule has 0 unspecified atom stereocenters. The summed E-state index contributed by atoms with van der Waals surface area (Å²) in [6.45, 7) is 1.13. The van der Waals surface area contributed by atoms with Crippen molar-refractivity contribution in [3.63, 3.8) is 0 Å². The van der Waals surface area contributed by atoms with Crippen molar-refractivity contribution in [3.8, 4) is 0 Å². The molecule has 0 saturated carbocycles. The van der Waals surface area contributed by atoms with Crippen LogP contribution in [-0.2, 0) is 23.6 Å². The normalized spacial score (nSPS) is 16.0. The fourth-order valence-corrected chi connectivity index (χ4v) is 2.95. The fourth-order valence-electron chi connectivity index (χ4n) is 2.95. The summed E-state index contributed by atoms with van der Waals surface area (Å²) in [5, 5.41) is 19.3. The van der Waals surface area contributed by atoms with E-state index in [0.717, 1.165) is 10.9 Å². The molecule has 2 aromatic rings. The summed E-state index contributed by atoms with van der Waals surface area (Å²) in [4.78, 5) is 1.75. The summed E-state index contributed by atoms with van der Waals surface area (Å²) >= 11 is 0. The molecule has 1 N–H and O–H groups in total. The lowest BCUT2D eigenvalue weighted by Crippen LogP contribution is -2.38. The van der Waals surface area contributed by atoms with Crippen LogP contribution in [0.1, 0.15) is 22.4 Å². The fraction of sp³-hybridized carbons (Fsp3) is 0.438. The molecule has 1 saturated heterocycles. The molecule has 1 aliphatic rings. The molecule has 1 aromatic heterocycles. The van der Waals surface area contributed by atoms with Gasteiger partial charge in [-0.15, -0.1) is 5.10 Å². The molecule has 1 aliphatic heterocycles. The number of benzene rings is 1. The molecule has 7 nitrogen and oxygen atoms in total. The number of hydrogen-bond acceptors (Lipinski definition) is 6. The van der Waals surface area contributed by atoms with Crippen molar-refractivity contribution in [1.29, 1.82) is 0 Å². The zero-order chi connectivity index (χ0) is 21.2. The van der Waals surface area contributed by atoms with Gasteiger partial charge >= 0.3 is 12.4 Å². The molecule has 158 valence electrons. The van der Waals surface area contributed by atoms with E-state index in [1.54, 1.807) is 4.90 Å². The van der Waals surface area contributed by atoms with Gasteiger partial charge in [-0.1, -0.05) is 10.4 Å². The third-order valence-electron chi connectivity index (χ3n) is 4.20. The Morgan fingerprint density at radius 3 is 2.14 bits per heavy atom. The SMILES string of the molecule is ON=Cc1nnn(Cc2cc(C(F)(F)F)cc(C(F)(F)F)c2)c1N1CCOCC1. The summed E-state index contributed by atoms with van der Waals surface area (Å²) in [6, 6.07) is 1.34. The van der Waals surface area contributed by atoms with Gasteiger partial charge in [-0.05, 0) is 23.8 Å². The van der Waals surface area contributed by atoms with Crippen molar-refractivity contribution in [2.45, 2.75) is 18.9 Å². The molecule has 0 aliphatic carbocycles. The molecule has 1 fully saturated rings. The minimum atomic E-state index is -4.94. The molecule has 0 spiro atoms. The molecular weight excluding hydrogens is 408 g/mol. The summed E-state index contributed by atoms with van der Waals surface area (Å²) in [6.07, 6.45) is -8.90. The van der Waals surface area contributed by atoms with Crippen LogP contribution in [0.2, 0.25) is 0 Å². The highest BCUT2D eigenvalue weighted by Gasteiger charge is 2.37. The first kappa shape index (κ1) is 20.9. The van der Waals surface area contributed by atoms with Crippen molar-refractivity contribution >= 4 is 12.0 Å². The second kappa shape index (κ2) is 7.89. The smallest absolute Gasteiger partial charge is 0.411 e. The molecular formula is C16H15F6N5O2. The number of hydrogen-bond donors (Lipinski definition) is 1. The Balaban J connectivity index is 2.03. The summed E-state index contributed by atoms with van der Waals surface area (Å²) in [5.41, 5.74) is -2.95. The number of halogens is 6. The third kappa shape index (κ3) is 4.78. The largest absolute Gasteiger partial charge is 0.416 e. The number of oxime groups is 1. The molecule has 1 aromatic carbocycles. The molecule has 0 bridgehead atoms. The van der Waals surface area contributed by atoms with E-state index in [4.69, 9.17) is 9.94 Å². The molecule has 0 atom stereocenters. The Kier molecular flexibility index (Phi) is 5.68. The van der Waals surface area contributed by atoms with E-state index in [1.165, 1.54) is 0 Å². The first-order valence-electron chi connectivity index (χ1n) is 8.31. The van der Waals surface area contributed by atoms with Crippen molar-refractivity contribution < 1.29 is 36.3 Å². The Morgan fingerprint density at radius 1 is 1.03 bits per heavy atom. The van der Waals surface area contributed by atoms with E-state index in [1.807, 2.05) is 0 Å². The highest BCUT2D eigenvalue weighted by atomic mass is 19.4. The van der Waals surface area contributed by atoms with Gasteiger partial charge in [0.25, 0.3) is 0 Å². The zero-order valence-corrected chi connectivity index (χ0v) is 14.7. The molecule has 29 heavy (non-hydrogen) atoms. The van der Waals surface area contributed by atoms with Crippen LogP contribution in [0.5, 0.6) is 0 Å². The van der Waals surface area contributed by atoms with Crippen LogP contribution in [-0.4, -0.2) is 52.7 Å². The predicted octanol–water partition coefficient (Wildman–Crippen LogP) is 3.01. The van der Waals surface area contributed by atoms with E-state index < -0.39 is 30.0 Å². The lowest BCUT2D eigenvalue weighted by atomic mass is 10.0. The number of nitrogens with zero attached hydrogens (tertiary/aromatic N) is 5. The number of rotatable bonds is 4. The van der Waals surface area contributed by atoms with Gasteiger partial charge in [-0.25, -0.2) is 4.68 Å². The quantitative estimate of drug-likeness (QED) is 0.354. The van der Waals surface area contributed by atoms with Gasteiger partial charge in [0.1, 0.15) is 0 Å². The van der Waals surface area contributed by atoms with Crippen LogP contribution in [0, 0.1) is 0 Å². The minimum Gasteiger partial charge on any atom is -0.411 e. The molecule has 2 heterocycles. The highest BCUT2D eigenvalue weighted by Crippen LogP contribution is 2.36. The zero-order valence-electron chi connectivity index (χ0n) is 14.7. The van der Waals surface area contributed by atoms with E-state index in [0.29, 0.717) is 44.3 Å². The Hall–Kier alpha value is -2.83. The third-order valence-corrected chi connectivity index (χ3v) is 4.20. The van der Waals surface area contributed by atoms with Crippen LogP contribution in [0.15, 0.2) is 23.4 Å². The van der Waals surface area contributed by atoms with Gasteiger partial charge in [0.2, 0.25) is 0 Å². The van der Waals surface area contributed by atoms with Crippen molar-refractivity contribution in [2.75, 3.05) is 31.2 Å². The lowest BCUT2D eigenvalue weighted by molar-refractivity contribution is -0.143. The van der Waals surface area contributed by atoms with Crippen LogP contribution in [0.25, 0.3) is 0 Å². The average molecular weight is 423 g/mol. The Labute approximate surface area is 160 Å². The number of alkyl halides is 6. The van der Waals surface area contributed by atoms with Gasteiger partial charge in [-0.2, -0.15) is 26.3 Å². The van der Waals surface area contributed by atoms with Crippen molar-refractivity contribution in [3.05, 3.63) is 40.6 Å². The topological polar surface area (TPSA) is 75.8 Å². The second-order valence-electron chi connectivity index (χ2n) is 6.21. The van der Waals surface area contributed by atoms with Gasteiger partial charge < -0.3 is 14.8 Å². The number of morpholine rings is 1. The average Bonchev–Trinajstić information content (AvgIpc) is 3.03. The van der Waals surface area contributed by atoms with Crippen LogP contribution >= 0.6 is 0 Å². The van der Waals surface area contributed by atoms with Crippen LogP contribution in [0.3, 0.4) is 0 Å². The first-order valence-corrected chi connectivity index (χ1v) is 8.31. The standard InChI is InChI=1S/C16H15F6N5O2/c17-15(18,19)11-5-10(6-12(7-11)16(20,21)22)9-27-14(13(8-23-28)24-25-27)26-1-3-29-4-2-26/h5-8,28H,1-4,9H2. The van der Waals surface area contributed by atoms with E-state index in [9.17, 15) is 26.3 Å². The maximum absolute atomic E-state index is 13.1. The highest BCUT2D eigenvalue weighted by molar-refractivity contribution is 5.83. The van der Waals surface area contributed by atoms with E-state index >= 15 is 0 Å². The first-order chi connectivity index (χ1) is 13.6. The maximum Gasteiger partial charge on any atom is 0.416 e. The molecule has 0 amide bonds. The van der Waals surface area contributed by atoms with Crippen LogP contribution < -0.4 is 4.90 Å². The Morgan fingerprint density at radius 2 is 1.62 bits per heavy atom. The molecule has 0 radical (unpaired) electrons. The second-order valence-corrected chi connectivity index (χ2v) is 6.21. The summed E-state index contributed by atoms with van der Waals surface area (Å²) in [7, 11) is 0. The molecule has 13 heteroatoms. The summed E-state index contributed by atoms with van der Waals surface area (Å²) < 4.78 is 84.9. The van der Waals surface area contributed by atoms with Gasteiger partial charge in [0.15, 0.2) is 11.5 Å². The van der Waals surface area contributed by atoms with E-state index in [-0.39, 0.29) is 17.3 Å². The number of anilines is 1. The number of aromatic nitrogens is 3. The predicted molar refractivity (Wildman–Crippen MR) is 88.0 cm³/mol. The monoisotopic (exact) mass is 423 g/mol.